The molecule has 1 rings (SSSR count). The van der Waals surface area contributed by atoms with Crippen molar-refractivity contribution in [2.45, 2.75) is 38.6 Å². The van der Waals surface area contributed by atoms with Gasteiger partial charge in [-0.3, -0.25) is 9.59 Å². The van der Waals surface area contributed by atoms with Crippen LogP contribution in [0.2, 0.25) is 0 Å². The molecule has 0 aliphatic heterocycles. The van der Waals surface area contributed by atoms with E-state index >= 15 is 0 Å². The van der Waals surface area contributed by atoms with Gasteiger partial charge in [-0.25, -0.2) is 0 Å². The zero-order valence-corrected chi connectivity index (χ0v) is 14.1. The van der Waals surface area contributed by atoms with E-state index in [1.807, 2.05) is 18.2 Å². The number of hydrogen-bond donors (Lipinski definition) is 1. The first-order valence-electron chi connectivity index (χ1n) is 8.10. The van der Waals surface area contributed by atoms with Gasteiger partial charge in [-0.05, 0) is 38.3 Å². The van der Waals surface area contributed by atoms with Gasteiger partial charge in [0.2, 0.25) is 0 Å². The van der Waals surface area contributed by atoms with E-state index in [9.17, 15) is 9.59 Å². The molecule has 0 amide bonds. The second-order valence-corrected chi connectivity index (χ2v) is 5.61. The molecule has 0 saturated carbocycles. The monoisotopic (exact) mass is 317 g/mol. The average Bonchev–Trinajstić information content (AvgIpc) is 2.59. The number of methoxy groups -OCH3 is 1. The maximum absolute atomic E-state index is 12.1. The van der Waals surface area contributed by atoms with E-state index < -0.39 is 11.9 Å². The third-order valence-electron chi connectivity index (χ3n) is 3.88. The number of unbranched alkanes of at least 4 members (excludes halogenated alkanes) is 1. The number of Topliss-reactive ketones (excluding diaryl/α,β-unsaturated/α-hetero) is 1. The first-order valence-corrected chi connectivity index (χ1v) is 8.10. The molecular formula is C19H27NO3. The number of benzene rings is 1. The van der Waals surface area contributed by atoms with Crippen molar-refractivity contribution in [2.24, 2.45) is 5.92 Å². The predicted octanol–water partition coefficient (Wildman–Crippen LogP) is 3.44. The zero-order chi connectivity index (χ0) is 17.1. The van der Waals surface area contributed by atoms with Gasteiger partial charge in [0.05, 0.1) is 7.11 Å². The smallest absolute Gasteiger partial charge is 0.316 e. The van der Waals surface area contributed by atoms with Crippen molar-refractivity contribution < 1.29 is 14.3 Å². The van der Waals surface area contributed by atoms with Crippen molar-refractivity contribution in [3.05, 3.63) is 48.6 Å². The minimum atomic E-state index is -0.700. The molecule has 0 spiro atoms. The number of esters is 1. The van der Waals surface area contributed by atoms with Crippen molar-refractivity contribution in [3.8, 4) is 0 Å². The Morgan fingerprint density at radius 2 is 1.96 bits per heavy atom. The molecule has 4 nitrogen and oxygen atoms in total. The molecule has 0 heterocycles. The fraction of sp³-hybridized carbons (Fsp3) is 0.474. The van der Waals surface area contributed by atoms with Crippen LogP contribution in [0.3, 0.4) is 0 Å². The van der Waals surface area contributed by atoms with Crippen LogP contribution in [0.1, 0.15) is 44.2 Å². The minimum absolute atomic E-state index is 0.0622. The second kappa shape index (κ2) is 10.7. The summed E-state index contributed by atoms with van der Waals surface area (Å²) in [7, 11) is 1.31. The number of carbonyl (C=O) groups is 2. The highest BCUT2D eigenvalue weighted by molar-refractivity contribution is 5.99. The van der Waals surface area contributed by atoms with Gasteiger partial charge in [0.15, 0.2) is 0 Å². The molecule has 0 aliphatic carbocycles. The summed E-state index contributed by atoms with van der Waals surface area (Å²) in [4.78, 5) is 23.7. The first-order chi connectivity index (χ1) is 11.1. The fourth-order valence-corrected chi connectivity index (χ4v) is 2.44. The lowest BCUT2D eigenvalue weighted by Crippen LogP contribution is -2.25. The molecule has 1 N–H and O–H groups in total. The Balaban J connectivity index is 2.27. The summed E-state index contributed by atoms with van der Waals surface area (Å²) in [6, 6.07) is 10.5. The number of allylic oxidation sites excluding steroid dienone is 1. The number of ether oxygens (including phenoxy) is 1. The van der Waals surface area contributed by atoms with Crippen LogP contribution < -0.4 is 5.32 Å². The van der Waals surface area contributed by atoms with Crippen LogP contribution in [-0.2, 0) is 14.3 Å². The molecule has 1 aromatic rings. The van der Waals surface area contributed by atoms with Crippen LogP contribution in [0, 0.1) is 5.92 Å². The quantitative estimate of drug-likeness (QED) is 0.294. The molecule has 0 radical (unpaired) electrons. The van der Waals surface area contributed by atoms with E-state index in [1.165, 1.54) is 12.7 Å². The molecule has 0 aliphatic rings. The standard InChI is InChI=1S/C19H27NO3/c1-4-10-17(19(22)23-3)18(21)13-8-9-14-20-15(2)16-11-6-5-7-12-16/h4-7,11-12,15,17,20H,1,8-10,13-14H2,2-3H3/t15-,17?/m0/s1. The van der Waals surface area contributed by atoms with Gasteiger partial charge in [0, 0.05) is 12.5 Å². The number of hydrogen-bond acceptors (Lipinski definition) is 4. The van der Waals surface area contributed by atoms with Crippen molar-refractivity contribution in [2.75, 3.05) is 13.7 Å². The molecule has 1 aromatic carbocycles. The van der Waals surface area contributed by atoms with E-state index in [4.69, 9.17) is 0 Å². The number of rotatable bonds is 11. The lowest BCUT2D eigenvalue weighted by atomic mass is 9.96. The average molecular weight is 317 g/mol. The molecule has 0 bridgehead atoms. The molecule has 0 saturated heterocycles. The van der Waals surface area contributed by atoms with Crippen molar-refractivity contribution >= 4 is 11.8 Å². The Morgan fingerprint density at radius 3 is 2.57 bits per heavy atom. The van der Waals surface area contributed by atoms with Gasteiger partial charge in [0.1, 0.15) is 11.7 Å². The Hall–Kier alpha value is -1.94. The molecular weight excluding hydrogens is 290 g/mol. The maximum Gasteiger partial charge on any atom is 0.316 e. The predicted molar refractivity (Wildman–Crippen MR) is 92.0 cm³/mol. The van der Waals surface area contributed by atoms with Crippen molar-refractivity contribution in [1.82, 2.24) is 5.32 Å². The molecule has 1 unspecified atom stereocenters. The molecule has 4 heteroatoms. The Labute approximate surface area is 138 Å². The van der Waals surface area contributed by atoms with Crippen LogP contribution in [0.4, 0.5) is 0 Å². The molecule has 23 heavy (non-hydrogen) atoms. The van der Waals surface area contributed by atoms with E-state index in [1.54, 1.807) is 6.08 Å². The SMILES string of the molecule is C=CCC(C(=O)CCCCN[C@@H](C)c1ccccc1)C(=O)OC. The number of ketones is 1. The highest BCUT2D eigenvalue weighted by atomic mass is 16.5. The summed E-state index contributed by atoms with van der Waals surface area (Å²) in [5.41, 5.74) is 1.25. The zero-order valence-electron chi connectivity index (χ0n) is 14.1. The van der Waals surface area contributed by atoms with Crippen LogP contribution >= 0.6 is 0 Å². The van der Waals surface area contributed by atoms with Crippen molar-refractivity contribution in [1.29, 1.82) is 0 Å². The van der Waals surface area contributed by atoms with Gasteiger partial charge in [-0.2, -0.15) is 0 Å². The first kappa shape index (κ1) is 19.1. The normalized spacial score (nSPS) is 13.1. The van der Waals surface area contributed by atoms with Crippen LogP contribution in [-0.4, -0.2) is 25.4 Å². The third-order valence-corrected chi connectivity index (χ3v) is 3.88. The van der Waals surface area contributed by atoms with Gasteiger partial charge < -0.3 is 10.1 Å². The third kappa shape index (κ3) is 6.78. The topological polar surface area (TPSA) is 55.4 Å². The Kier molecular flexibility index (Phi) is 8.91. The van der Waals surface area contributed by atoms with Crippen molar-refractivity contribution in [3.63, 3.8) is 0 Å². The van der Waals surface area contributed by atoms with E-state index in [0.29, 0.717) is 12.8 Å². The largest absolute Gasteiger partial charge is 0.468 e. The number of nitrogens with one attached hydrogen (secondary N) is 1. The number of carbonyl (C=O) groups excluding carboxylic acids is 2. The molecule has 0 aromatic heterocycles. The van der Waals surface area contributed by atoms with Crippen LogP contribution in [0.5, 0.6) is 0 Å². The van der Waals surface area contributed by atoms with E-state index in [0.717, 1.165) is 19.4 Å². The van der Waals surface area contributed by atoms with Gasteiger partial charge >= 0.3 is 5.97 Å². The summed E-state index contributed by atoms with van der Waals surface area (Å²) >= 11 is 0. The summed E-state index contributed by atoms with van der Waals surface area (Å²) in [5.74, 6) is -1.23. The lowest BCUT2D eigenvalue weighted by Gasteiger charge is -2.14. The highest BCUT2D eigenvalue weighted by Crippen LogP contribution is 2.14. The van der Waals surface area contributed by atoms with Gasteiger partial charge in [-0.15, -0.1) is 6.58 Å². The second-order valence-electron chi connectivity index (χ2n) is 5.61. The van der Waals surface area contributed by atoms with E-state index in [2.05, 4.69) is 35.7 Å². The molecule has 0 fully saturated rings. The summed E-state index contributed by atoms with van der Waals surface area (Å²) in [5, 5.41) is 3.44. The van der Waals surface area contributed by atoms with Gasteiger partial charge in [0.25, 0.3) is 0 Å². The molecule has 2 atom stereocenters. The minimum Gasteiger partial charge on any atom is -0.468 e. The van der Waals surface area contributed by atoms with Crippen LogP contribution in [0.25, 0.3) is 0 Å². The Morgan fingerprint density at radius 1 is 1.26 bits per heavy atom. The summed E-state index contributed by atoms with van der Waals surface area (Å²) in [6.45, 7) is 6.55. The van der Waals surface area contributed by atoms with Crippen LogP contribution in [0.15, 0.2) is 43.0 Å². The molecule has 126 valence electrons. The lowest BCUT2D eigenvalue weighted by molar-refractivity contribution is -0.149. The Bertz CT molecular complexity index is 499. The highest BCUT2D eigenvalue weighted by Gasteiger charge is 2.25. The summed E-state index contributed by atoms with van der Waals surface area (Å²) < 4.78 is 4.67. The van der Waals surface area contributed by atoms with E-state index in [-0.39, 0.29) is 11.8 Å². The fourth-order valence-electron chi connectivity index (χ4n) is 2.44. The van der Waals surface area contributed by atoms with Gasteiger partial charge in [-0.1, -0.05) is 36.4 Å². The summed E-state index contributed by atoms with van der Waals surface area (Å²) in [6.07, 6.45) is 3.98. The maximum atomic E-state index is 12.1.